The lowest BCUT2D eigenvalue weighted by molar-refractivity contribution is -0.124. The van der Waals surface area contributed by atoms with E-state index in [2.05, 4.69) is 5.32 Å². The summed E-state index contributed by atoms with van der Waals surface area (Å²) >= 11 is 0. The number of carbonyl (C=O) groups is 1. The van der Waals surface area contributed by atoms with Gasteiger partial charge in [-0.15, -0.1) is 0 Å². The molecular weight excluding hydrogens is 256 g/mol. The molecule has 1 aromatic rings. The SMILES string of the molecule is COCC(NC(=O)COc1ccccc1C#N)C(C)C. The Balaban J connectivity index is 2.53. The fourth-order valence-corrected chi connectivity index (χ4v) is 1.66. The average Bonchev–Trinajstić information content (AvgIpc) is 2.44. The van der Waals surface area contributed by atoms with Crippen LogP contribution in [0.4, 0.5) is 0 Å². The van der Waals surface area contributed by atoms with Crippen molar-refractivity contribution < 1.29 is 14.3 Å². The van der Waals surface area contributed by atoms with Crippen LogP contribution in [0.5, 0.6) is 5.75 Å². The molecule has 1 atom stereocenters. The lowest BCUT2D eigenvalue weighted by Crippen LogP contribution is -2.43. The number of hydrogen-bond donors (Lipinski definition) is 1. The van der Waals surface area contributed by atoms with Gasteiger partial charge in [0, 0.05) is 7.11 Å². The molecule has 0 radical (unpaired) electrons. The van der Waals surface area contributed by atoms with E-state index in [9.17, 15) is 4.79 Å². The topological polar surface area (TPSA) is 71.3 Å². The third-order valence-electron chi connectivity index (χ3n) is 2.86. The minimum absolute atomic E-state index is 0.0534. The molecule has 0 aromatic heterocycles. The number of nitrogens with zero attached hydrogens (tertiary/aromatic N) is 1. The quantitative estimate of drug-likeness (QED) is 0.823. The van der Waals surface area contributed by atoms with Crippen LogP contribution in [-0.2, 0) is 9.53 Å². The van der Waals surface area contributed by atoms with Crippen LogP contribution in [-0.4, -0.2) is 32.3 Å². The minimum atomic E-state index is -0.228. The summed E-state index contributed by atoms with van der Waals surface area (Å²) in [6.45, 7) is 4.36. The molecule has 1 rings (SSSR count). The van der Waals surface area contributed by atoms with Crippen LogP contribution in [0.3, 0.4) is 0 Å². The van der Waals surface area contributed by atoms with E-state index < -0.39 is 0 Å². The number of nitriles is 1. The van der Waals surface area contributed by atoms with Crippen molar-refractivity contribution in [2.45, 2.75) is 19.9 Å². The van der Waals surface area contributed by atoms with Gasteiger partial charge in [-0.25, -0.2) is 0 Å². The first-order valence-electron chi connectivity index (χ1n) is 6.48. The van der Waals surface area contributed by atoms with E-state index in [1.54, 1.807) is 31.4 Å². The van der Waals surface area contributed by atoms with E-state index in [0.29, 0.717) is 17.9 Å². The van der Waals surface area contributed by atoms with Gasteiger partial charge in [0.05, 0.1) is 18.2 Å². The Morgan fingerprint density at radius 1 is 1.40 bits per heavy atom. The second-order valence-electron chi connectivity index (χ2n) is 4.77. The zero-order valence-electron chi connectivity index (χ0n) is 12.1. The van der Waals surface area contributed by atoms with Gasteiger partial charge in [-0.1, -0.05) is 26.0 Å². The van der Waals surface area contributed by atoms with E-state index in [-0.39, 0.29) is 24.5 Å². The van der Waals surface area contributed by atoms with Crippen molar-refractivity contribution in [3.63, 3.8) is 0 Å². The monoisotopic (exact) mass is 276 g/mol. The number of carbonyl (C=O) groups excluding carboxylic acids is 1. The smallest absolute Gasteiger partial charge is 0.258 e. The zero-order valence-corrected chi connectivity index (χ0v) is 12.1. The van der Waals surface area contributed by atoms with Crippen molar-refractivity contribution >= 4 is 5.91 Å². The number of rotatable bonds is 7. The van der Waals surface area contributed by atoms with E-state index in [4.69, 9.17) is 14.7 Å². The van der Waals surface area contributed by atoms with Gasteiger partial charge >= 0.3 is 0 Å². The fraction of sp³-hybridized carbons (Fsp3) is 0.467. The highest BCUT2D eigenvalue weighted by atomic mass is 16.5. The normalized spacial score (nSPS) is 11.8. The molecule has 20 heavy (non-hydrogen) atoms. The van der Waals surface area contributed by atoms with Crippen molar-refractivity contribution in [1.82, 2.24) is 5.32 Å². The van der Waals surface area contributed by atoms with Gasteiger partial charge in [0.25, 0.3) is 5.91 Å². The standard InChI is InChI=1S/C15H20N2O3/c1-11(2)13(9-19-3)17-15(18)10-20-14-7-5-4-6-12(14)8-16/h4-7,11,13H,9-10H2,1-3H3,(H,17,18). The maximum Gasteiger partial charge on any atom is 0.258 e. The average molecular weight is 276 g/mol. The molecule has 5 heteroatoms. The Bertz CT molecular complexity index is 480. The molecule has 0 saturated heterocycles. The molecule has 0 aliphatic heterocycles. The van der Waals surface area contributed by atoms with Crippen LogP contribution < -0.4 is 10.1 Å². The highest BCUT2D eigenvalue weighted by Gasteiger charge is 2.16. The summed E-state index contributed by atoms with van der Waals surface area (Å²) in [5.74, 6) is 0.455. The highest BCUT2D eigenvalue weighted by Crippen LogP contribution is 2.16. The van der Waals surface area contributed by atoms with Crippen LogP contribution in [0.2, 0.25) is 0 Å². The van der Waals surface area contributed by atoms with Gasteiger partial charge in [-0.3, -0.25) is 4.79 Å². The Kier molecular flexibility index (Phi) is 6.54. The molecule has 0 heterocycles. The van der Waals surface area contributed by atoms with Crippen molar-refractivity contribution in [3.05, 3.63) is 29.8 Å². The third-order valence-corrected chi connectivity index (χ3v) is 2.86. The van der Waals surface area contributed by atoms with Gasteiger partial charge in [-0.2, -0.15) is 5.26 Å². The number of amides is 1. The molecule has 1 unspecified atom stereocenters. The molecule has 1 N–H and O–H groups in total. The summed E-state index contributed by atoms with van der Waals surface area (Å²) in [4.78, 5) is 11.8. The van der Waals surface area contributed by atoms with Gasteiger partial charge in [0.1, 0.15) is 11.8 Å². The van der Waals surface area contributed by atoms with Gasteiger partial charge in [0.2, 0.25) is 0 Å². The molecule has 0 saturated carbocycles. The fourth-order valence-electron chi connectivity index (χ4n) is 1.66. The van der Waals surface area contributed by atoms with Crippen LogP contribution in [0, 0.1) is 17.2 Å². The Labute approximate surface area is 119 Å². The van der Waals surface area contributed by atoms with Crippen LogP contribution in [0.25, 0.3) is 0 Å². The molecule has 0 bridgehead atoms. The number of nitrogens with one attached hydrogen (secondary N) is 1. The molecule has 1 amide bonds. The van der Waals surface area contributed by atoms with Gasteiger partial charge in [-0.05, 0) is 18.1 Å². The number of para-hydroxylation sites is 1. The highest BCUT2D eigenvalue weighted by molar-refractivity contribution is 5.78. The zero-order chi connectivity index (χ0) is 15.0. The second-order valence-corrected chi connectivity index (χ2v) is 4.77. The molecule has 5 nitrogen and oxygen atoms in total. The van der Waals surface area contributed by atoms with Gasteiger partial charge in [0.15, 0.2) is 6.61 Å². The maximum atomic E-state index is 11.8. The lowest BCUT2D eigenvalue weighted by atomic mass is 10.1. The third kappa shape index (κ3) is 4.90. The number of hydrogen-bond acceptors (Lipinski definition) is 4. The first-order valence-corrected chi connectivity index (χ1v) is 6.48. The van der Waals surface area contributed by atoms with Crippen molar-refractivity contribution in [1.29, 1.82) is 5.26 Å². The summed E-state index contributed by atoms with van der Waals surface area (Å²) in [6, 6.07) is 8.79. The van der Waals surface area contributed by atoms with Gasteiger partial charge < -0.3 is 14.8 Å². The molecule has 0 spiro atoms. The predicted molar refractivity (Wildman–Crippen MR) is 75.3 cm³/mol. The number of ether oxygens (including phenoxy) is 2. The molecule has 0 aliphatic rings. The largest absolute Gasteiger partial charge is 0.482 e. The molecule has 0 aliphatic carbocycles. The Morgan fingerprint density at radius 3 is 2.70 bits per heavy atom. The molecule has 1 aromatic carbocycles. The van der Waals surface area contributed by atoms with E-state index >= 15 is 0 Å². The summed E-state index contributed by atoms with van der Waals surface area (Å²) in [6.07, 6.45) is 0. The molecule has 108 valence electrons. The van der Waals surface area contributed by atoms with Crippen LogP contribution >= 0.6 is 0 Å². The van der Waals surface area contributed by atoms with Crippen LogP contribution in [0.15, 0.2) is 24.3 Å². The van der Waals surface area contributed by atoms with E-state index in [0.717, 1.165) is 0 Å². The first-order chi connectivity index (χ1) is 9.58. The first kappa shape index (κ1) is 16.0. The Hall–Kier alpha value is -2.06. The summed E-state index contributed by atoms with van der Waals surface area (Å²) in [5.41, 5.74) is 0.414. The van der Waals surface area contributed by atoms with E-state index in [1.165, 1.54) is 0 Å². The van der Waals surface area contributed by atoms with Crippen molar-refractivity contribution in [2.24, 2.45) is 5.92 Å². The molecular formula is C15H20N2O3. The summed E-state index contributed by atoms with van der Waals surface area (Å²) in [5, 5.41) is 11.8. The summed E-state index contributed by atoms with van der Waals surface area (Å²) in [7, 11) is 1.60. The Morgan fingerprint density at radius 2 is 2.10 bits per heavy atom. The van der Waals surface area contributed by atoms with E-state index in [1.807, 2.05) is 19.9 Å². The number of methoxy groups -OCH3 is 1. The van der Waals surface area contributed by atoms with Crippen molar-refractivity contribution in [2.75, 3.05) is 20.3 Å². The lowest BCUT2D eigenvalue weighted by Gasteiger charge is -2.21. The molecule has 0 fully saturated rings. The number of benzene rings is 1. The summed E-state index contributed by atoms with van der Waals surface area (Å²) < 4.78 is 10.4. The van der Waals surface area contributed by atoms with Crippen LogP contribution in [0.1, 0.15) is 19.4 Å². The maximum absolute atomic E-state index is 11.8. The van der Waals surface area contributed by atoms with Crippen molar-refractivity contribution in [3.8, 4) is 11.8 Å². The minimum Gasteiger partial charge on any atom is -0.482 e. The second kappa shape index (κ2) is 8.18. The predicted octanol–water partition coefficient (Wildman–Crippen LogP) is 1.72.